The molecule has 5 nitrogen and oxygen atoms in total. The number of rotatable bonds is 5. The Kier molecular flexibility index (Phi) is 4.79. The average molecular weight is 323 g/mol. The first-order valence-electron chi connectivity index (χ1n) is 8.15. The minimum Gasteiger partial charge on any atom is -0.372 e. The summed E-state index contributed by atoms with van der Waals surface area (Å²) in [6, 6.07) is 14.7. The summed E-state index contributed by atoms with van der Waals surface area (Å²) in [7, 11) is 0. The van der Waals surface area contributed by atoms with Crippen LogP contribution in [0.1, 0.15) is 39.1 Å². The van der Waals surface area contributed by atoms with E-state index in [1.807, 2.05) is 12.1 Å². The Hall–Kier alpha value is -2.82. The smallest absolute Gasteiger partial charge is 0.251 e. The second-order valence-corrected chi connectivity index (χ2v) is 5.99. The summed E-state index contributed by atoms with van der Waals surface area (Å²) in [4.78, 5) is 25.8. The molecule has 1 aliphatic heterocycles. The van der Waals surface area contributed by atoms with Crippen LogP contribution in [0.3, 0.4) is 0 Å². The number of hydrogen-bond acceptors (Lipinski definition) is 3. The van der Waals surface area contributed by atoms with Crippen molar-refractivity contribution in [2.75, 3.05) is 18.0 Å². The van der Waals surface area contributed by atoms with E-state index in [4.69, 9.17) is 5.73 Å². The van der Waals surface area contributed by atoms with Crippen molar-refractivity contribution in [1.82, 2.24) is 5.32 Å². The minimum absolute atomic E-state index is 0.221. The van der Waals surface area contributed by atoms with Crippen molar-refractivity contribution < 1.29 is 9.59 Å². The number of primary amides is 1. The lowest BCUT2D eigenvalue weighted by Crippen LogP contribution is -2.23. The first kappa shape index (κ1) is 16.1. The summed E-state index contributed by atoms with van der Waals surface area (Å²) in [5, 5.41) is 2.87. The highest BCUT2D eigenvalue weighted by molar-refractivity contribution is 5.99. The van der Waals surface area contributed by atoms with E-state index in [1.165, 1.54) is 24.6 Å². The standard InChI is InChI=1S/C19H21N3O2/c20-18(23)15-4-3-5-16(12-15)19(24)21-13-14-6-8-17(9-7-14)22-10-1-2-11-22/h3-9,12H,1-2,10-11,13H2,(H2,20,23)(H,21,24). The molecule has 0 radical (unpaired) electrons. The molecule has 124 valence electrons. The number of nitrogens with zero attached hydrogens (tertiary/aromatic N) is 1. The fourth-order valence-corrected chi connectivity index (χ4v) is 2.90. The SMILES string of the molecule is NC(=O)c1cccc(C(=O)NCc2ccc(N3CCCC3)cc2)c1. The molecule has 0 spiro atoms. The number of carbonyl (C=O) groups is 2. The normalized spacial score (nSPS) is 13.8. The van der Waals surface area contributed by atoms with Gasteiger partial charge in [-0.3, -0.25) is 9.59 Å². The molecule has 3 rings (SSSR count). The molecule has 5 heteroatoms. The predicted molar refractivity (Wildman–Crippen MR) is 94.0 cm³/mol. The molecule has 0 aromatic heterocycles. The van der Waals surface area contributed by atoms with E-state index in [0.29, 0.717) is 17.7 Å². The molecule has 24 heavy (non-hydrogen) atoms. The highest BCUT2D eigenvalue weighted by Crippen LogP contribution is 2.20. The van der Waals surface area contributed by atoms with Crippen molar-refractivity contribution in [3.05, 3.63) is 65.2 Å². The summed E-state index contributed by atoms with van der Waals surface area (Å²) in [5.74, 6) is -0.760. The Bertz CT molecular complexity index is 735. The van der Waals surface area contributed by atoms with Crippen LogP contribution in [0.4, 0.5) is 5.69 Å². The van der Waals surface area contributed by atoms with Gasteiger partial charge in [-0.2, -0.15) is 0 Å². The van der Waals surface area contributed by atoms with Gasteiger partial charge in [0.15, 0.2) is 0 Å². The first-order valence-corrected chi connectivity index (χ1v) is 8.15. The monoisotopic (exact) mass is 323 g/mol. The largest absolute Gasteiger partial charge is 0.372 e. The van der Waals surface area contributed by atoms with Gasteiger partial charge in [-0.05, 0) is 48.7 Å². The number of nitrogens with two attached hydrogens (primary N) is 1. The Morgan fingerprint density at radius 1 is 1.00 bits per heavy atom. The van der Waals surface area contributed by atoms with E-state index in [2.05, 4.69) is 22.3 Å². The van der Waals surface area contributed by atoms with Crippen molar-refractivity contribution in [2.24, 2.45) is 5.73 Å². The molecule has 2 aromatic rings. The summed E-state index contributed by atoms with van der Waals surface area (Å²) in [6.45, 7) is 2.68. The van der Waals surface area contributed by atoms with Crippen LogP contribution in [-0.2, 0) is 6.54 Å². The summed E-state index contributed by atoms with van der Waals surface area (Å²) < 4.78 is 0. The number of amides is 2. The van der Waals surface area contributed by atoms with Crippen LogP contribution in [0, 0.1) is 0 Å². The lowest BCUT2D eigenvalue weighted by Gasteiger charge is -2.17. The van der Waals surface area contributed by atoms with E-state index >= 15 is 0 Å². The van der Waals surface area contributed by atoms with Crippen LogP contribution in [0.2, 0.25) is 0 Å². The maximum atomic E-state index is 12.2. The highest BCUT2D eigenvalue weighted by atomic mass is 16.2. The van der Waals surface area contributed by atoms with Crippen molar-refractivity contribution in [1.29, 1.82) is 0 Å². The van der Waals surface area contributed by atoms with Gasteiger partial charge in [-0.25, -0.2) is 0 Å². The van der Waals surface area contributed by atoms with Crippen LogP contribution in [0.5, 0.6) is 0 Å². The third-order valence-corrected chi connectivity index (χ3v) is 4.27. The molecule has 0 saturated carbocycles. The van der Waals surface area contributed by atoms with E-state index < -0.39 is 5.91 Å². The van der Waals surface area contributed by atoms with Gasteiger partial charge in [0.05, 0.1) is 0 Å². The third kappa shape index (κ3) is 3.74. The van der Waals surface area contributed by atoms with Crippen molar-refractivity contribution >= 4 is 17.5 Å². The molecule has 1 aliphatic rings. The molecule has 3 N–H and O–H groups in total. The Morgan fingerprint density at radius 3 is 2.33 bits per heavy atom. The number of anilines is 1. The predicted octanol–water partition coefficient (Wildman–Crippen LogP) is 2.32. The molecule has 0 bridgehead atoms. The average Bonchev–Trinajstić information content (AvgIpc) is 3.15. The number of nitrogens with one attached hydrogen (secondary N) is 1. The van der Waals surface area contributed by atoms with Gasteiger partial charge >= 0.3 is 0 Å². The van der Waals surface area contributed by atoms with Gasteiger partial charge in [-0.1, -0.05) is 18.2 Å². The summed E-state index contributed by atoms with van der Waals surface area (Å²) >= 11 is 0. The third-order valence-electron chi connectivity index (χ3n) is 4.27. The Morgan fingerprint density at radius 2 is 1.67 bits per heavy atom. The lowest BCUT2D eigenvalue weighted by molar-refractivity contribution is 0.0951. The van der Waals surface area contributed by atoms with Crippen molar-refractivity contribution in [3.63, 3.8) is 0 Å². The van der Waals surface area contributed by atoms with Crippen LogP contribution in [0.25, 0.3) is 0 Å². The van der Waals surface area contributed by atoms with E-state index in [9.17, 15) is 9.59 Å². The molecule has 1 fully saturated rings. The Balaban J connectivity index is 1.59. The summed E-state index contributed by atoms with van der Waals surface area (Å²) in [5.41, 5.74) is 8.27. The zero-order valence-electron chi connectivity index (χ0n) is 13.5. The molecule has 1 saturated heterocycles. The minimum atomic E-state index is -0.540. The first-order chi connectivity index (χ1) is 11.6. The lowest BCUT2D eigenvalue weighted by atomic mass is 10.1. The molecular formula is C19H21N3O2. The second kappa shape index (κ2) is 7.17. The molecule has 2 amide bonds. The maximum absolute atomic E-state index is 12.2. The van der Waals surface area contributed by atoms with Gasteiger partial charge in [0.2, 0.25) is 5.91 Å². The highest BCUT2D eigenvalue weighted by Gasteiger charge is 2.12. The van der Waals surface area contributed by atoms with E-state index in [0.717, 1.165) is 18.7 Å². The number of benzene rings is 2. The molecular weight excluding hydrogens is 302 g/mol. The number of carbonyl (C=O) groups excluding carboxylic acids is 2. The quantitative estimate of drug-likeness (QED) is 0.886. The molecule has 2 aromatic carbocycles. The summed E-state index contributed by atoms with van der Waals surface area (Å²) in [6.07, 6.45) is 2.50. The zero-order chi connectivity index (χ0) is 16.9. The van der Waals surface area contributed by atoms with Gasteiger partial charge in [0.25, 0.3) is 5.91 Å². The van der Waals surface area contributed by atoms with Crippen molar-refractivity contribution in [2.45, 2.75) is 19.4 Å². The Labute approximate surface area is 141 Å². The number of hydrogen-bond donors (Lipinski definition) is 2. The van der Waals surface area contributed by atoms with Crippen LogP contribution >= 0.6 is 0 Å². The van der Waals surface area contributed by atoms with Crippen LogP contribution in [0.15, 0.2) is 48.5 Å². The topological polar surface area (TPSA) is 75.4 Å². The van der Waals surface area contributed by atoms with Crippen LogP contribution < -0.4 is 16.0 Å². The maximum Gasteiger partial charge on any atom is 0.251 e. The zero-order valence-corrected chi connectivity index (χ0v) is 13.5. The van der Waals surface area contributed by atoms with Crippen LogP contribution in [-0.4, -0.2) is 24.9 Å². The fourth-order valence-electron chi connectivity index (χ4n) is 2.90. The van der Waals surface area contributed by atoms with E-state index in [1.54, 1.807) is 18.2 Å². The molecule has 0 atom stereocenters. The molecule has 0 unspecified atom stereocenters. The fraction of sp³-hybridized carbons (Fsp3) is 0.263. The van der Waals surface area contributed by atoms with Gasteiger partial charge in [0, 0.05) is 36.4 Å². The van der Waals surface area contributed by atoms with Gasteiger partial charge in [-0.15, -0.1) is 0 Å². The van der Waals surface area contributed by atoms with Gasteiger partial charge < -0.3 is 16.0 Å². The van der Waals surface area contributed by atoms with Gasteiger partial charge in [0.1, 0.15) is 0 Å². The van der Waals surface area contributed by atoms with Crippen molar-refractivity contribution in [3.8, 4) is 0 Å². The second-order valence-electron chi connectivity index (χ2n) is 5.99. The van der Waals surface area contributed by atoms with E-state index in [-0.39, 0.29) is 5.91 Å². The molecule has 0 aliphatic carbocycles. The molecule has 1 heterocycles.